The molecular formula is C15H17BrFNO2. The Morgan fingerprint density at radius 1 is 1.35 bits per heavy atom. The smallest absolute Gasteiger partial charge is 0.171 e. The van der Waals surface area contributed by atoms with Gasteiger partial charge in [0.1, 0.15) is 23.1 Å². The van der Waals surface area contributed by atoms with Gasteiger partial charge in [-0.15, -0.1) is 0 Å². The minimum Gasteiger partial charge on any atom is -0.480 e. The summed E-state index contributed by atoms with van der Waals surface area (Å²) in [7, 11) is 0. The van der Waals surface area contributed by atoms with E-state index in [1.165, 1.54) is 12.1 Å². The lowest BCUT2D eigenvalue weighted by Crippen LogP contribution is -2.31. The van der Waals surface area contributed by atoms with E-state index in [4.69, 9.17) is 14.9 Å². The van der Waals surface area contributed by atoms with Crippen LogP contribution in [0.25, 0.3) is 0 Å². The third-order valence-corrected chi connectivity index (χ3v) is 3.67. The average Bonchev–Trinajstić information content (AvgIpc) is 2.83. The van der Waals surface area contributed by atoms with Gasteiger partial charge in [-0.1, -0.05) is 6.92 Å². The second-order valence-corrected chi connectivity index (χ2v) is 5.49. The van der Waals surface area contributed by atoms with E-state index in [0.717, 1.165) is 12.2 Å². The number of ether oxygens (including phenoxy) is 1. The largest absolute Gasteiger partial charge is 0.480 e. The van der Waals surface area contributed by atoms with Crippen molar-refractivity contribution in [1.82, 2.24) is 0 Å². The maximum absolute atomic E-state index is 13.1. The fourth-order valence-corrected chi connectivity index (χ4v) is 2.33. The minimum atomic E-state index is -0.407. The molecule has 0 aliphatic rings. The zero-order valence-electron chi connectivity index (χ0n) is 11.4. The van der Waals surface area contributed by atoms with Gasteiger partial charge in [0, 0.05) is 6.04 Å². The number of rotatable bonds is 5. The van der Waals surface area contributed by atoms with Crippen molar-refractivity contribution in [2.45, 2.75) is 32.4 Å². The number of halogens is 2. The zero-order chi connectivity index (χ0) is 14.7. The molecule has 0 fully saturated rings. The van der Waals surface area contributed by atoms with Gasteiger partial charge in [0.2, 0.25) is 0 Å². The van der Waals surface area contributed by atoms with Crippen LogP contribution in [-0.2, 0) is 0 Å². The lowest BCUT2D eigenvalue weighted by atomic mass is 10.1. The molecule has 0 spiro atoms. The molecule has 2 rings (SSSR count). The summed E-state index contributed by atoms with van der Waals surface area (Å²) in [4.78, 5) is 0. The molecule has 0 amide bonds. The first kappa shape index (κ1) is 15.1. The highest BCUT2D eigenvalue weighted by atomic mass is 79.9. The van der Waals surface area contributed by atoms with Crippen LogP contribution in [0, 0.1) is 12.7 Å². The second-order valence-electron chi connectivity index (χ2n) is 4.63. The molecule has 0 saturated heterocycles. The predicted octanol–water partition coefficient (Wildman–Crippen LogP) is 4.35. The lowest BCUT2D eigenvalue weighted by Gasteiger charge is -2.23. The predicted molar refractivity (Wildman–Crippen MR) is 79.2 cm³/mol. The molecule has 2 atom stereocenters. The van der Waals surface area contributed by atoms with Gasteiger partial charge in [-0.05, 0) is 59.6 Å². The molecule has 108 valence electrons. The Hall–Kier alpha value is -1.33. The summed E-state index contributed by atoms with van der Waals surface area (Å²) >= 11 is 3.29. The van der Waals surface area contributed by atoms with E-state index >= 15 is 0 Å². The Kier molecular flexibility index (Phi) is 4.83. The molecule has 20 heavy (non-hydrogen) atoms. The molecule has 5 heteroatoms. The molecule has 1 aromatic carbocycles. The van der Waals surface area contributed by atoms with Crippen LogP contribution in [-0.4, -0.2) is 6.04 Å². The van der Waals surface area contributed by atoms with Crippen LogP contribution in [0.5, 0.6) is 5.75 Å². The maximum Gasteiger partial charge on any atom is 0.171 e. The Balaban J connectivity index is 2.28. The van der Waals surface area contributed by atoms with Crippen molar-refractivity contribution >= 4 is 15.9 Å². The standard InChI is InChI=1S/C15H17BrFNO2/c1-3-12(18)15(14-6-4-9(2)19-14)20-13-7-5-10(17)8-11(13)16/h4-8,12,15H,3,18H2,1-2H3. The second kappa shape index (κ2) is 6.41. The number of aryl methyl sites for hydroxylation is 1. The van der Waals surface area contributed by atoms with E-state index in [2.05, 4.69) is 15.9 Å². The first-order valence-corrected chi connectivity index (χ1v) is 7.24. The van der Waals surface area contributed by atoms with E-state index in [1.54, 1.807) is 6.07 Å². The molecule has 0 aliphatic carbocycles. The number of hydrogen-bond acceptors (Lipinski definition) is 3. The molecule has 3 nitrogen and oxygen atoms in total. The molecule has 0 saturated carbocycles. The Morgan fingerprint density at radius 3 is 2.65 bits per heavy atom. The SMILES string of the molecule is CCC(N)C(Oc1ccc(F)cc1Br)c1ccc(C)o1. The van der Waals surface area contributed by atoms with Crippen LogP contribution in [0.1, 0.15) is 31.0 Å². The van der Waals surface area contributed by atoms with Gasteiger partial charge in [-0.3, -0.25) is 0 Å². The molecule has 0 aliphatic heterocycles. The van der Waals surface area contributed by atoms with Crippen LogP contribution < -0.4 is 10.5 Å². The average molecular weight is 342 g/mol. The minimum absolute atomic E-state index is 0.211. The van der Waals surface area contributed by atoms with Gasteiger partial charge in [-0.25, -0.2) is 4.39 Å². The molecule has 2 aromatic rings. The molecule has 0 bridgehead atoms. The van der Waals surface area contributed by atoms with Gasteiger partial charge < -0.3 is 14.9 Å². The summed E-state index contributed by atoms with van der Waals surface area (Å²) in [6, 6.07) is 7.79. The molecule has 1 aromatic heterocycles. The highest BCUT2D eigenvalue weighted by Gasteiger charge is 2.24. The fourth-order valence-electron chi connectivity index (χ4n) is 1.88. The highest BCUT2D eigenvalue weighted by Crippen LogP contribution is 2.32. The summed E-state index contributed by atoms with van der Waals surface area (Å²) < 4.78 is 25.2. The van der Waals surface area contributed by atoms with E-state index in [0.29, 0.717) is 16.0 Å². The van der Waals surface area contributed by atoms with Gasteiger partial charge >= 0.3 is 0 Å². The van der Waals surface area contributed by atoms with Crippen LogP contribution >= 0.6 is 15.9 Å². The van der Waals surface area contributed by atoms with E-state index < -0.39 is 6.10 Å². The topological polar surface area (TPSA) is 48.4 Å². The van der Waals surface area contributed by atoms with Crippen LogP contribution in [0.15, 0.2) is 39.2 Å². The number of hydrogen-bond donors (Lipinski definition) is 1. The quantitative estimate of drug-likeness (QED) is 0.879. The van der Waals surface area contributed by atoms with Crippen LogP contribution in [0.3, 0.4) is 0 Å². The van der Waals surface area contributed by atoms with Crippen molar-refractivity contribution < 1.29 is 13.5 Å². The highest BCUT2D eigenvalue weighted by molar-refractivity contribution is 9.10. The van der Waals surface area contributed by atoms with Crippen molar-refractivity contribution in [1.29, 1.82) is 0 Å². The van der Waals surface area contributed by atoms with Crippen molar-refractivity contribution in [2.24, 2.45) is 5.73 Å². The number of furan rings is 1. The Morgan fingerprint density at radius 2 is 2.10 bits per heavy atom. The third-order valence-electron chi connectivity index (χ3n) is 3.05. The Bertz CT molecular complexity index is 585. The molecule has 0 radical (unpaired) electrons. The third kappa shape index (κ3) is 3.41. The van der Waals surface area contributed by atoms with Gasteiger partial charge in [0.15, 0.2) is 6.10 Å². The van der Waals surface area contributed by atoms with Crippen molar-refractivity contribution in [2.75, 3.05) is 0 Å². The van der Waals surface area contributed by atoms with Crippen LogP contribution in [0.4, 0.5) is 4.39 Å². The van der Waals surface area contributed by atoms with Crippen molar-refractivity contribution in [3.63, 3.8) is 0 Å². The molecule has 2 N–H and O–H groups in total. The summed E-state index contributed by atoms with van der Waals surface area (Å²) in [6.45, 7) is 3.85. The van der Waals surface area contributed by atoms with Gasteiger partial charge in [0.25, 0.3) is 0 Å². The summed E-state index contributed by atoms with van der Waals surface area (Å²) in [5.74, 6) is 1.69. The van der Waals surface area contributed by atoms with E-state index in [9.17, 15) is 4.39 Å². The monoisotopic (exact) mass is 341 g/mol. The summed E-state index contributed by atoms with van der Waals surface area (Å²) in [5, 5.41) is 0. The molecular weight excluding hydrogens is 325 g/mol. The van der Waals surface area contributed by atoms with Gasteiger partial charge in [0.05, 0.1) is 4.47 Å². The van der Waals surface area contributed by atoms with Crippen LogP contribution in [0.2, 0.25) is 0 Å². The fraction of sp³-hybridized carbons (Fsp3) is 0.333. The maximum atomic E-state index is 13.1. The number of benzene rings is 1. The van der Waals surface area contributed by atoms with Crippen molar-refractivity contribution in [3.8, 4) is 5.75 Å². The zero-order valence-corrected chi connectivity index (χ0v) is 13.0. The summed E-state index contributed by atoms with van der Waals surface area (Å²) in [6.07, 6.45) is 0.332. The number of nitrogens with two attached hydrogens (primary N) is 1. The lowest BCUT2D eigenvalue weighted by molar-refractivity contribution is 0.142. The Labute approximate surface area is 126 Å². The first-order valence-electron chi connectivity index (χ1n) is 6.45. The van der Waals surface area contributed by atoms with E-state index in [-0.39, 0.29) is 11.9 Å². The molecule has 2 unspecified atom stereocenters. The van der Waals surface area contributed by atoms with Crippen molar-refractivity contribution in [3.05, 3.63) is 52.1 Å². The summed E-state index contributed by atoms with van der Waals surface area (Å²) in [5.41, 5.74) is 6.11. The van der Waals surface area contributed by atoms with Gasteiger partial charge in [-0.2, -0.15) is 0 Å². The molecule has 1 heterocycles. The van der Waals surface area contributed by atoms with E-state index in [1.807, 2.05) is 26.0 Å². The first-order chi connectivity index (χ1) is 9.51. The normalized spacial score (nSPS) is 14.1.